The molecule has 0 saturated carbocycles. The highest BCUT2D eigenvalue weighted by Gasteiger charge is 2.35. The minimum Gasteiger partial charge on any atom is -0.479 e. The number of rotatable bonds is 6. The van der Waals surface area contributed by atoms with Crippen molar-refractivity contribution in [1.82, 2.24) is 9.13 Å². The van der Waals surface area contributed by atoms with Crippen LogP contribution >= 0.6 is 15.9 Å². The highest BCUT2D eigenvalue weighted by Crippen LogP contribution is 2.37. The van der Waals surface area contributed by atoms with Crippen molar-refractivity contribution in [3.63, 3.8) is 0 Å². The summed E-state index contributed by atoms with van der Waals surface area (Å²) in [5, 5.41) is 0. The van der Waals surface area contributed by atoms with E-state index in [4.69, 9.17) is 9.47 Å². The Kier molecular flexibility index (Phi) is 7.01. The molecule has 0 saturated heterocycles. The fraction of sp³-hybridized carbons (Fsp3) is 0.227. The smallest absolute Gasteiger partial charge is 0.431 e. The van der Waals surface area contributed by atoms with Gasteiger partial charge in [-0.05, 0) is 48.0 Å². The van der Waals surface area contributed by atoms with Gasteiger partial charge in [0, 0.05) is 19.2 Å². The lowest BCUT2D eigenvalue weighted by atomic mass is 10.2. The van der Waals surface area contributed by atoms with Gasteiger partial charge in [-0.2, -0.15) is 13.2 Å². The van der Waals surface area contributed by atoms with E-state index in [0.717, 1.165) is 19.2 Å². The molecule has 0 aliphatic heterocycles. The summed E-state index contributed by atoms with van der Waals surface area (Å²) >= 11 is 3.12. The molecule has 0 spiro atoms. The van der Waals surface area contributed by atoms with Crippen LogP contribution in [0.5, 0.6) is 17.2 Å². The van der Waals surface area contributed by atoms with E-state index in [1.54, 1.807) is 12.1 Å². The molecule has 12 heteroatoms. The van der Waals surface area contributed by atoms with Gasteiger partial charge in [0.05, 0.1) is 10.2 Å². The Morgan fingerprint density at radius 2 is 1.68 bits per heavy atom. The number of alkyl halides is 3. The maximum absolute atomic E-state index is 14.7. The second-order valence-electron chi connectivity index (χ2n) is 7.20. The molecule has 2 aromatic carbocycles. The molecule has 3 aromatic rings. The molecule has 0 N–H and O–H groups in total. The highest BCUT2D eigenvalue weighted by molar-refractivity contribution is 9.10. The number of aromatic nitrogens is 2. The van der Waals surface area contributed by atoms with Crippen LogP contribution in [0.1, 0.15) is 19.5 Å². The number of para-hydroxylation sites is 2. The maximum atomic E-state index is 14.7. The number of Topliss-reactive ketones (excluding diaryl/α,β-unsaturated/α-hetero) is 1. The van der Waals surface area contributed by atoms with Crippen molar-refractivity contribution in [3.8, 4) is 22.9 Å². The van der Waals surface area contributed by atoms with Crippen molar-refractivity contribution < 1.29 is 31.8 Å². The first kappa shape index (κ1) is 25.2. The third-order valence-corrected chi connectivity index (χ3v) is 5.42. The van der Waals surface area contributed by atoms with Crippen LogP contribution in [0.3, 0.4) is 0 Å². The summed E-state index contributed by atoms with van der Waals surface area (Å²) in [6, 6.07) is 8.36. The average Bonchev–Trinajstić information content (AvgIpc) is 2.74. The molecule has 0 bridgehead atoms. The predicted octanol–water partition coefficient (Wildman–Crippen LogP) is 4.61. The van der Waals surface area contributed by atoms with Crippen LogP contribution in [0.25, 0.3) is 5.69 Å². The van der Waals surface area contributed by atoms with Gasteiger partial charge in [0.1, 0.15) is 17.3 Å². The zero-order chi connectivity index (χ0) is 25.4. The largest absolute Gasteiger partial charge is 0.479 e. The van der Waals surface area contributed by atoms with Gasteiger partial charge in [-0.25, -0.2) is 13.8 Å². The zero-order valence-corrected chi connectivity index (χ0v) is 19.5. The molecule has 1 atom stereocenters. The summed E-state index contributed by atoms with van der Waals surface area (Å²) in [5.74, 6) is -1.06. The predicted molar refractivity (Wildman–Crippen MR) is 117 cm³/mol. The Hall–Kier alpha value is -3.41. The standard InChI is InChI=1S/C22H17BrF4N2O5/c1-11(30)12(2)33-16-6-4-5-7-17(16)34-18-9-15(14(24)8-13(18)23)29-20(31)10-19(22(25,26)27)28(3)21(29)32/h4-10,12H,1-3H3. The van der Waals surface area contributed by atoms with Gasteiger partial charge in [0.15, 0.2) is 23.4 Å². The monoisotopic (exact) mass is 544 g/mol. The van der Waals surface area contributed by atoms with E-state index in [-0.39, 0.29) is 42.7 Å². The third kappa shape index (κ3) is 5.06. The fourth-order valence-corrected chi connectivity index (χ4v) is 3.31. The Balaban J connectivity index is 2.12. The Morgan fingerprint density at radius 3 is 2.26 bits per heavy atom. The third-order valence-electron chi connectivity index (χ3n) is 4.80. The molecule has 3 rings (SSSR count). The molecule has 1 heterocycles. The number of halogens is 5. The average molecular weight is 545 g/mol. The van der Waals surface area contributed by atoms with E-state index >= 15 is 0 Å². The van der Waals surface area contributed by atoms with Crippen LogP contribution in [0.4, 0.5) is 17.6 Å². The molecule has 1 aromatic heterocycles. The SMILES string of the molecule is CC(=O)C(C)Oc1ccccc1Oc1cc(-n2c(=O)cc(C(F)(F)F)n(C)c2=O)c(F)cc1Br. The van der Waals surface area contributed by atoms with Crippen molar-refractivity contribution in [2.75, 3.05) is 0 Å². The minimum atomic E-state index is -4.96. The fourth-order valence-electron chi connectivity index (χ4n) is 2.91. The quantitative estimate of drug-likeness (QED) is 0.423. The van der Waals surface area contributed by atoms with Gasteiger partial charge >= 0.3 is 11.9 Å². The number of ketones is 1. The molecule has 0 amide bonds. The van der Waals surface area contributed by atoms with E-state index < -0.39 is 40.7 Å². The topological polar surface area (TPSA) is 79.5 Å². The molecule has 180 valence electrons. The van der Waals surface area contributed by atoms with E-state index in [1.165, 1.54) is 26.0 Å². The number of benzene rings is 2. The molecular weight excluding hydrogens is 528 g/mol. The molecule has 0 fully saturated rings. The molecule has 0 aliphatic rings. The van der Waals surface area contributed by atoms with Crippen molar-refractivity contribution in [2.45, 2.75) is 26.1 Å². The molecule has 0 aliphatic carbocycles. The Bertz CT molecular complexity index is 1380. The van der Waals surface area contributed by atoms with Gasteiger partial charge in [0.2, 0.25) is 0 Å². The summed E-state index contributed by atoms with van der Waals surface area (Å²) in [6.45, 7) is 2.89. The molecule has 34 heavy (non-hydrogen) atoms. The second-order valence-corrected chi connectivity index (χ2v) is 8.05. The normalized spacial score (nSPS) is 12.4. The molecule has 0 radical (unpaired) electrons. The number of carbonyl (C=O) groups is 1. The summed E-state index contributed by atoms with van der Waals surface area (Å²) in [5.41, 5.74) is -4.86. The number of carbonyl (C=O) groups excluding carboxylic acids is 1. The van der Waals surface area contributed by atoms with Gasteiger partial charge in [-0.1, -0.05) is 12.1 Å². The summed E-state index contributed by atoms with van der Waals surface area (Å²) in [4.78, 5) is 36.5. The number of hydrogen-bond donors (Lipinski definition) is 0. The van der Waals surface area contributed by atoms with Crippen LogP contribution in [0.2, 0.25) is 0 Å². The summed E-state index contributed by atoms with van der Waals surface area (Å²) in [7, 11) is 0.818. The first-order chi connectivity index (χ1) is 15.8. The van der Waals surface area contributed by atoms with Gasteiger partial charge in [0.25, 0.3) is 5.56 Å². The summed E-state index contributed by atoms with van der Waals surface area (Å²) in [6.07, 6.45) is -5.75. The molecule has 1 unspecified atom stereocenters. The Labute approximate surface area is 198 Å². The van der Waals surface area contributed by atoms with Gasteiger partial charge in [-0.3, -0.25) is 14.2 Å². The lowest BCUT2D eigenvalue weighted by molar-refractivity contribution is -0.144. The number of hydrogen-bond acceptors (Lipinski definition) is 5. The van der Waals surface area contributed by atoms with Gasteiger partial charge < -0.3 is 9.47 Å². The lowest BCUT2D eigenvalue weighted by Crippen LogP contribution is -2.41. The highest BCUT2D eigenvalue weighted by atomic mass is 79.9. The van der Waals surface area contributed by atoms with Crippen molar-refractivity contribution in [1.29, 1.82) is 0 Å². The lowest BCUT2D eigenvalue weighted by Gasteiger charge is -2.17. The van der Waals surface area contributed by atoms with Crippen molar-refractivity contribution >= 4 is 21.7 Å². The number of nitrogens with zero attached hydrogens (tertiary/aromatic N) is 2. The molecule has 7 nitrogen and oxygen atoms in total. The van der Waals surface area contributed by atoms with E-state index in [0.29, 0.717) is 0 Å². The Morgan fingerprint density at radius 1 is 1.06 bits per heavy atom. The van der Waals surface area contributed by atoms with Crippen LogP contribution in [-0.2, 0) is 18.0 Å². The van der Waals surface area contributed by atoms with Crippen LogP contribution in [-0.4, -0.2) is 21.0 Å². The first-order valence-corrected chi connectivity index (χ1v) is 10.4. The van der Waals surface area contributed by atoms with Crippen molar-refractivity contribution in [3.05, 3.63) is 79.3 Å². The molecular formula is C22H17BrF4N2O5. The first-order valence-electron chi connectivity index (χ1n) is 9.65. The second kappa shape index (κ2) is 9.45. The van der Waals surface area contributed by atoms with Crippen LogP contribution < -0.4 is 20.7 Å². The summed E-state index contributed by atoms with van der Waals surface area (Å²) < 4.78 is 66.0. The van der Waals surface area contributed by atoms with Crippen molar-refractivity contribution in [2.24, 2.45) is 7.05 Å². The van der Waals surface area contributed by atoms with E-state index in [2.05, 4.69) is 15.9 Å². The number of ether oxygens (including phenoxy) is 2. The van der Waals surface area contributed by atoms with Gasteiger partial charge in [-0.15, -0.1) is 0 Å². The van der Waals surface area contributed by atoms with Crippen LogP contribution in [0.15, 0.2) is 56.5 Å². The maximum Gasteiger partial charge on any atom is 0.431 e. The minimum absolute atomic E-state index is 0.0724. The van der Waals surface area contributed by atoms with E-state index in [1.807, 2.05) is 0 Å². The van der Waals surface area contributed by atoms with Crippen LogP contribution in [0, 0.1) is 5.82 Å². The van der Waals surface area contributed by atoms with E-state index in [9.17, 15) is 31.9 Å². The zero-order valence-electron chi connectivity index (χ0n) is 17.9.